The van der Waals surface area contributed by atoms with Crippen LogP contribution in [0, 0.1) is 5.92 Å². The number of amides is 2. The third-order valence-electron chi connectivity index (χ3n) is 4.69. The molecule has 1 aliphatic rings. The van der Waals surface area contributed by atoms with Crippen LogP contribution in [0.2, 0.25) is 0 Å². The molecule has 1 N–H and O–H groups in total. The summed E-state index contributed by atoms with van der Waals surface area (Å²) in [6.07, 6.45) is 7.01. The number of pyridine rings is 1. The number of aryl methyl sites for hydroxylation is 1. The molecule has 1 fully saturated rings. The van der Waals surface area contributed by atoms with E-state index < -0.39 is 0 Å². The van der Waals surface area contributed by atoms with Crippen molar-refractivity contribution in [2.45, 2.75) is 52.0 Å². The van der Waals surface area contributed by atoms with Gasteiger partial charge in [0.1, 0.15) is 0 Å². The average molecular weight is 375 g/mol. The molecule has 7 heteroatoms. The first-order valence-electron chi connectivity index (χ1n) is 9.62. The van der Waals surface area contributed by atoms with Crippen LogP contribution in [0.25, 0.3) is 0 Å². The molecule has 1 aliphatic heterocycles. The van der Waals surface area contributed by atoms with Crippen LogP contribution < -0.4 is 5.32 Å². The highest BCUT2D eigenvalue weighted by atomic mass is 16.5. The summed E-state index contributed by atoms with van der Waals surface area (Å²) in [7, 11) is 0. The van der Waals surface area contributed by atoms with Crippen LogP contribution in [0.15, 0.2) is 24.5 Å². The third kappa shape index (κ3) is 7.00. The molecule has 148 valence electrons. The van der Waals surface area contributed by atoms with Gasteiger partial charge in [-0.2, -0.15) is 0 Å². The number of aromatic nitrogens is 1. The Hall–Kier alpha value is -2.44. The first-order chi connectivity index (χ1) is 13.0. The Morgan fingerprint density at radius 2 is 2.11 bits per heavy atom. The van der Waals surface area contributed by atoms with E-state index in [0.717, 1.165) is 25.7 Å². The topological polar surface area (TPSA) is 88.6 Å². The lowest BCUT2D eigenvalue weighted by Crippen LogP contribution is -2.48. The van der Waals surface area contributed by atoms with Crippen LogP contribution in [0.1, 0.15) is 45.1 Å². The van der Waals surface area contributed by atoms with Crippen LogP contribution in [0.5, 0.6) is 0 Å². The predicted octanol–water partition coefficient (Wildman–Crippen LogP) is 1.71. The lowest BCUT2D eigenvalue weighted by Gasteiger charge is -2.32. The van der Waals surface area contributed by atoms with Crippen molar-refractivity contribution in [3.63, 3.8) is 0 Å². The SMILES string of the molecule is CCOC(=O)C[C@@H](C)NC(=O)CN1CCC[C@@H](CCc2ccncc2)C1=O. The van der Waals surface area contributed by atoms with Gasteiger partial charge < -0.3 is 15.0 Å². The molecule has 0 bridgehead atoms. The summed E-state index contributed by atoms with van der Waals surface area (Å²) in [6, 6.07) is 3.60. The third-order valence-corrected chi connectivity index (χ3v) is 4.69. The van der Waals surface area contributed by atoms with Gasteiger partial charge >= 0.3 is 5.97 Å². The van der Waals surface area contributed by atoms with E-state index in [1.165, 1.54) is 5.56 Å². The van der Waals surface area contributed by atoms with Crippen molar-refractivity contribution in [3.8, 4) is 0 Å². The molecule has 1 aromatic rings. The molecule has 2 amide bonds. The zero-order valence-corrected chi connectivity index (χ0v) is 16.1. The zero-order valence-electron chi connectivity index (χ0n) is 16.1. The summed E-state index contributed by atoms with van der Waals surface area (Å²) >= 11 is 0. The van der Waals surface area contributed by atoms with Gasteiger partial charge in [-0.1, -0.05) is 0 Å². The van der Waals surface area contributed by atoms with E-state index in [9.17, 15) is 14.4 Å². The quantitative estimate of drug-likeness (QED) is 0.664. The van der Waals surface area contributed by atoms with Crippen molar-refractivity contribution in [1.29, 1.82) is 0 Å². The maximum Gasteiger partial charge on any atom is 0.307 e. The van der Waals surface area contributed by atoms with Gasteiger partial charge in [0.25, 0.3) is 0 Å². The molecule has 0 aliphatic carbocycles. The molecule has 0 saturated carbocycles. The fraction of sp³-hybridized carbons (Fsp3) is 0.600. The minimum Gasteiger partial charge on any atom is -0.466 e. The van der Waals surface area contributed by atoms with E-state index in [-0.39, 0.29) is 42.7 Å². The van der Waals surface area contributed by atoms with Crippen LogP contribution >= 0.6 is 0 Å². The van der Waals surface area contributed by atoms with Gasteiger partial charge in [0, 0.05) is 30.9 Å². The van der Waals surface area contributed by atoms with E-state index in [0.29, 0.717) is 13.2 Å². The smallest absolute Gasteiger partial charge is 0.307 e. The highest BCUT2D eigenvalue weighted by Crippen LogP contribution is 2.22. The maximum atomic E-state index is 12.7. The molecule has 2 atom stereocenters. The van der Waals surface area contributed by atoms with Gasteiger partial charge in [-0.15, -0.1) is 0 Å². The van der Waals surface area contributed by atoms with Gasteiger partial charge in [0.15, 0.2) is 0 Å². The molecule has 0 spiro atoms. The van der Waals surface area contributed by atoms with Crippen molar-refractivity contribution in [3.05, 3.63) is 30.1 Å². The van der Waals surface area contributed by atoms with E-state index in [2.05, 4.69) is 10.3 Å². The molecule has 0 radical (unpaired) electrons. The molecule has 1 aromatic heterocycles. The highest BCUT2D eigenvalue weighted by Gasteiger charge is 2.29. The number of hydrogen-bond acceptors (Lipinski definition) is 5. The first-order valence-corrected chi connectivity index (χ1v) is 9.62. The molecule has 27 heavy (non-hydrogen) atoms. The normalized spacial score (nSPS) is 18.1. The zero-order chi connectivity index (χ0) is 19.6. The molecule has 1 saturated heterocycles. The molecule has 2 rings (SSSR count). The minimum atomic E-state index is -0.337. The molecule has 0 unspecified atom stereocenters. The molecular formula is C20H29N3O4. The Labute approximate surface area is 160 Å². The fourth-order valence-electron chi connectivity index (χ4n) is 3.35. The number of ether oxygens (including phenoxy) is 1. The molecule has 0 aromatic carbocycles. The van der Waals surface area contributed by atoms with Crippen molar-refractivity contribution < 1.29 is 19.1 Å². The average Bonchev–Trinajstić information content (AvgIpc) is 2.63. The van der Waals surface area contributed by atoms with E-state index in [1.54, 1.807) is 31.1 Å². The van der Waals surface area contributed by atoms with E-state index in [4.69, 9.17) is 4.74 Å². The Morgan fingerprint density at radius 1 is 1.37 bits per heavy atom. The number of rotatable bonds is 9. The monoisotopic (exact) mass is 375 g/mol. The number of esters is 1. The maximum absolute atomic E-state index is 12.7. The second-order valence-electron chi connectivity index (χ2n) is 6.97. The highest BCUT2D eigenvalue weighted by molar-refractivity contribution is 5.86. The lowest BCUT2D eigenvalue weighted by atomic mass is 9.91. The number of hydrogen-bond donors (Lipinski definition) is 1. The summed E-state index contributed by atoms with van der Waals surface area (Å²) in [5.41, 5.74) is 1.17. The summed E-state index contributed by atoms with van der Waals surface area (Å²) < 4.78 is 4.88. The van der Waals surface area contributed by atoms with Crippen molar-refractivity contribution >= 4 is 17.8 Å². The van der Waals surface area contributed by atoms with Crippen LogP contribution in [0.3, 0.4) is 0 Å². The Morgan fingerprint density at radius 3 is 2.81 bits per heavy atom. The minimum absolute atomic E-state index is 0.0394. The van der Waals surface area contributed by atoms with Crippen LogP contribution in [-0.2, 0) is 25.5 Å². The number of likely N-dealkylation sites (tertiary alicyclic amines) is 1. The summed E-state index contributed by atoms with van der Waals surface area (Å²) in [4.78, 5) is 42.0. The summed E-state index contributed by atoms with van der Waals surface area (Å²) in [5, 5.41) is 2.77. The van der Waals surface area contributed by atoms with Crippen LogP contribution in [0.4, 0.5) is 0 Å². The van der Waals surface area contributed by atoms with Gasteiger partial charge in [0.05, 0.1) is 19.6 Å². The van der Waals surface area contributed by atoms with Crippen molar-refractivity contribution in [2.24, 2.45) is 5.92 Å². The summed E-state index contributed by atoms with van der Waals surface area (Å²) in [5.74, 6) is -0.578. The van der Waals surface area contributed by atoms with Gasteiger partial charge in [-0.25, -0.2) is 0 Å². The number of carbonyl (C=O) groups excluding carboxylic acids is 3. The molecular weight excluding hydrogens is 346 g/mol. The second kappa shape index (κ2) is 10.6. The van der Waals surface area contributed by atoms with Gasteiger partial charge in [0.2, 0.25) is 11.8 Å². The van der Waals surface area contributed by atoms with Crippen molar-refractivity contribution in [1.82, 2.24) is 15.2 Å². The largest absolute Gasteiger partial charge is 0.466 e. The fourth-order valence-corrected chi connectivity index (χ4v) is 3.35. The van der Waals surface area contributed by atoms with Gasteiger partial charge in [-0.05, 0) is 57.2 Å². The van der Waals surface area contributed by atoms with Crippen LogP contribution in [-0.4, -0.2) is 53.4 Å². The molecule has 2 heterocycles. The van der Waals surface area contributed by atoms with Crippen molar-refractivity contribution in [2.75, 3.05) is 19.7 Å². The number of nitrogens with zero attached hydrogens (tertiary/aromatic N) is 2. The number of nitrogens with one attached hydrogen (secondary N) is 1. The Balaban J connectivity index is 1.79. The van der Waals surface area contributed by atoms with E-state index in [1.807, 2.05) is 12.1 Å². The first kappa shape index (κ1) is 20.9. The second-order valence-corrected chi connectivity index (χ2v) is 6.97. The predicted molar refractivity (Wildman–Crippen MR) is 101 cm³/mol. The summed E-state index contributed by atoms with van der Waals surface area (Å²) in [6.45, 7) is 4.46. The number of piperidine rings is 1. The lowest BCUT2D eigenvalue weighted by molar-refractivity contribution is -0.144. The Bertz CT molecular complexity index is 635. The molecule has 7 nitrogen and oxygen atoms in total. The number of carbonyl (C=O) groups is 3. The Kier molecular flexibility index (Phi) is 8.23. The standard InChI is InChI=1S/C20H29N3O4/c1-3-27-19(25)13-15(2)22-18(24)14-23-12-4-5-17(20(23)26)7-6-16-8-10-21-11-9-16/h8-11,15,17H,3-7,12-14H2,1-2H3,(H,22,24)/t15-,17+/m1/s1. The van der Waals surface area contributed by atoms with Gasteiger partial charge in [-0.3, -0.25) is 19.4 Å². The van der Waals surface area contributed by atoms with E-state index >= 15 is 0 Å².